The minimum Gasteiger partial charge on any atom is -0.756 e. The van der Waals surface area contributed by atoms with Crippen LogP contribution >= 0.6 is 7.82 Å². The predicted octanol–water partition coefficient (Wildman–Crippen LogP) is 18.8. The summed E-state index contributed by atoms with van der Waals surface area (Å²) in [4.78, 5) is 37.9. The highest BCUT2D eigenvalue weighted by Gasteiger charge is 2.21. The van der Waals surface area contributed by atoms with E-state index in [1.165, 1.54) is 64.2 Å². The van der Waals surface area contributed by atoms with Gasteiger partial charge in [-0.05, 0) is 122 Å². The minimum atomic E-state index is -4.66. The molecule has 0 saturated heterocycles. The molecule has 442 valence electrons. The predicted molar refractivity (Wildman–Crippen MR) is 332 cm³/mol. The number of nitrogens with zero attached hydrogens (tertiary/aromatic N) is 1. The first-order valence-electron chi connectivity index (χ1n) is 30.5. The van der Waals surface area contributed by atoms with Crippen LogP contribution in [0.25, 0.3) is 0 Å². The van der Waals surface area contributed by atoms with Gasteiger partial charge in [0.05, 0.1) is 27.7 Å². The Kier molecular flexibility index (Phi) is 54.5. The van der Waals surface area contributed by atoms with E-state index in [2.05, 4.69) is 160 Å². The smallest absolute Gasteiger partial charge is 0.306 e. The zero-order valence-corrected chi connectivity index (χ0v) is 50.9. The number of likely N-dealkylation sites (N-methyl/N-ethyl adjacent to an activating group) is 1. The first-order valence-corrected chi connectivity index (χ1v) is 32.0. The maximum atomic E-state index is 12.8. The maximum Gasteiger partial charge on any atom is 0.306 e. The number of quaternary nitrogens is 1. The summed E-state index contributed by atoms with van der Waals surface area (Å²) < 4.78 is 34.1. The van der Waals surface area contributed by atoms with Gasteiger partial charge < -0.3 is 27.9 Å². The number of carbonyl (C=O) groups excluding carboxylic acids is 2. The Labute approximate surface area is 478 Å². The van der Waals surface area contributed by atoms with Crippen LogP contribution in [0, 0.1) is 0 Å². The molecule has 0 rings (SSSR count). The summed E-state index contributed by atoms with van der Waals surface area (Å²) >= 11 is 0. The molecular formula is C68H112NO8P. The van der Waals surface area contributed by atoms with Crippen LogP contribution in [-0.2, 0) is 32.7 Å². The number of allylic oxidation sites excluding steroid dienone is 24. The molecule has 0 radical (unpaired) electrons. The highest BCUT2D eigenvalue weighted by molar-refractivity contribution is 7.45. The van der Waals surface area contributed by atoms with E-state index in [0.29, 0.717) is 23.9 Å². The quantitative estimate of drug-likeness (QED) is 0.0195. The number of rotatable bonds is 54. The zero-order valence-electron chi connectivity index (χ0n) is 50.1. The van der Waals surface area contributed by atoms with Crippen LogP contribution in [0.15, 0.2) is 146 Å². The van der Waals surface area contributed by atoms with E-state index in [1.54, 1.807) is 0 Å². The average molecular weight is 1100 g/mol. The van der Waals surface area contributed by atoms with Crippen molar-refractivity contribution in [3.05, 3.63) is 146 Å². The second kappa shape index (κ2) is 57.6. The molecule has 0 aliphatic rings. The third-order valence-corrected chi connectivity index (χ3v) is 13.3. The number of carbonyl (C=O) groups is 2. The Morgan fingerprint density at radius 3 is 1.12 bits per heavy atom. The molecule has 0 saturated carbocycles. The number of phosphoric ester groups is 1. The second-order valence-electron chi connectivity index (χ2n) is 21.0. The Morgan fingerprint density at radius 2 is 0.731 bits per heavy atom. The molecule has 0 aliphatic carbocycles. The molecular weight excluding hydrogens is 990 g/mol. The monoisotopic (exact) mass is 1100 g/mol. The summed E-state index contributed by atoms with van der Waals surface area (Å²) in [5.41, 5.74) is 0. The van der Waals surface area contributed by atoms with Crippen molar-refractivity contribution in [2.75, 3.05) is 47.5 Å². The Balaban J connectivity index is 4.25. The van der Waals surface area contributed by atoms with E-state index < -0.39 is 32.5 Å². The maximum absolute atomic E-state index is 12.8. The molecule has 0 amide bonds. The van der Waals surface area contributed by atoms with Gasteiger partial charge in [0.1, 0.15) is 19.8 Å². The molecule has 10 heteroatoms. The summed E-state index contributed by atoms with van der Waals surface area (Å²) in [5.74, 6) is -0.886. The molecule has 0 bridgehead atoms. The molecule has 0 aliphatic heterocycles. The number of ether oxygens (including phenoxy) is 2. The molecule has 0 heterocycles. The number of phosphoric acid groups is 1. The highest BCUT2D eigenvalue weighted by Crippen LogP contribution is 2.38. The number of unbranched alkanes of at least 4 members (excludes halogenated alkanes) is 16. The Bertz CT molecular complexity index is 1820. The van der Waals surface area contributed by atoms with E-state index in [9.17, 15) is 19.0 Å². The van der Waals surface area contributed by atoms with Crippen molar-refractivity contribution in [3.63, 3.8) is 0 Å². The van der Waals surface area contributed by atoms with E-state index in [1.807, 2.05) is 21.1 Å². The van der Waals surface area contributed by atoms with Gasteiger partial charge in [-0.3, -0.25) is 14.2 Å². The van der Waals surface area contributed by atoms with Gasteiger partial charge in [-0.15, -0.1) is 0 Å². The molecule has 0 N–H and O–H groups in total. The largest absolute Gasteiger partial charge is 0.756 e. The van der Waals surface area contributed by atoms with Crippen molar-refractivity contribution < 1.29 is 42.1 Å². The van der Waals surface area contributed by atoms with Gasteiger partial charge in [0.2, 0.25) is 0 Å². The van der Waals surface area contributed by atoms with Crippen LogP contribution in [0.4, 0.5) is 0 Å². The summed E-state index contributed by atoms with van der Waals surface area (Å²) in [6.45, 7) is 4.06. The summed E-state index contributed by atoms with van der Waals surface area (Å²) in [7, 11) is 1.12. The topological polar surface area (TPSA) is 111 Å². The lowest BCUT2D eigenvalue weighted by Gasteiger charge is -2.28. The second-order valence-corrected chi connectivity index (χ2v) is 22.4. The van der Waals surface area contributed by atoms with Crippen LogP contribution in [0.3, 0.4) is 0 Å². The van der Waals surface area contributed by atoms with E-state index in [0.717, 1.165) is 116 Å². The molecule has 2 unspecified atom stereocenters. The Hall–Kier alpha value is -4.11. The normalized spacial score (nSPS) is 14.3. The number of hydrogen-bond donors (Lipinski definition) is 0. The van der Waals surface area contributed by atoms with Gasteiger partial charge in [-0.2, -0.15) is 0 Å². The van der Waals surface area contributed by atoms with Crippen LogP contribution < -0.4 is 4.89 Å². The zero-order chi connectivity index (χ0) is 57.0. The molecule has 0 aromatic heterocycles. The molecule has 2 atom stereocenters. The lowest BCUT2D eigenvalue weighted by molar-refractivity contribution is -0.870. The lowest BCUT2D eigenvalue weighted by Crippen LogP contribution is -2.37. The van der Waals surface area contributed by atoms with Crippen LogP contribution in [0.1, 0.15) is 219 Å². The van der Waals surface area contributed by atoms with Crippen molar-refractivity contribution in [2.24, 2.45) is 0 Å². The van der Waals surface area contributed by atoms with Gasteiger partial charge in [-0.25, -0.2) is 0 Å². The fourth-order valence-electron chi connectivity index (χ4n) is 7.65. The fourth-order valence-corrected chi connectivity index (χ4v) is 8.38. The van der Waals surface area contributed by atoms with Crippen molar-refractivity contribution in [1.82, 2.24) is 0 Å². The van der Waals surface area contributed by atoms with Gasteiger partial charge in [-0.1, -0.05) is 230 Å². The van der Waals surface area contributed by atoms with Crippen LogP contribution in [0.2, 0.25) is 0 Å². The first-order chi connectivity index (χ1) is 38.0. The van der Waals surface area contributed by atoms with Gasteiger partial charge in [0.25, 0.3) is 7.82 Å². The summed E-state index contributed by atoms with van der Waals surface area (Å²) in [6, 6.07) is 0. The average Bonchev–Trinajstić information content (AvgIpc) is 3.41. The number of esters is 2. The lowest BCUT2D eigenvalue weighted by atomic mass is 10.1. The van der Waals surface area contributed by atoms with E-state index in [4.69, 9.17) is 18.5 Å². The third-order valence-electron chi connectivity index (χ3n) is 12.3. The standard InChI is InChI=1S/C68H112NO8P/c1-6-8-10-12-14-16-18-20-22-24-25-26-27-28-29-30-31-32-33-34-35-36-37-38-39-40-41-42-43-45-47-49-51-53-55-57-59-61-68(71)77-66(65-76-78(72,73)75-63-62-69(3,4)5)64-74-67(70)60-58-56-54-52-50-48-46-44-23-21-19-17-15-13-11-9-7-2/h8,10,14,16,20-23,25-26,28-29,31-32,34-35,37-38,40-41,43,45,49,51,66H,6-7,9,11-13,15,17-19,24,27,30,33,36,39,42,44,46-48,50,52-65H2,1-5H3/b10-8-,16-14-,22-20-,23-21-,26-25-,29-28-,32-31-,35-34-,38-37-,41-40-,45-43-,51-49-. The SMILES string of the molecule is CC/C=C\C/C=C\C/C=C\C/C=C\C/C=C\C/C=C\C/C=C\C/C=C\C/C=C\C/C=C\C/C=C\CCCCCC(=O)OC(COC(=O)CCCCCCCCC/C=C\CCCCCCCC)COP(=O)([O-])OCC[N+](C)(C)C. The van der Waals surface area contributed by atoms with Crippen LogP contribution in [0.5, 0.6) is 0 Å². The van der Waals surface area contributed by atoms with Gasteiger partial charge in [0, 0.05) is 12.8 Å². The van der Waals surface area contributed by atoms with Crippen molar-refractivity contribution in [2.45, 2.75) is 225 Å². The molecule has 9 nitrogen and oxygen atoms in total. The van der Waals surface area contributed by atoms with Crippen molar-refractivity contribution in [1.29, 1.82) is 0 Å². The minimum absolute atomic E-state index is 0.0459. The first kappa shape index (κ1) is 73.9. The molecule has 0 spiro atoms. The fraction of sp³-hybridized carbons (Fsp3) is 0.618. The van der Waals surface area contributed by atoms with Crippen molar-refractivity contribution >= 4 is 19.8 Å². The summed E-state index contributed by atoms with van der Waals surface area (Å²) in [6.07, 6.45) is 84.7. The van der Waals surface area contributed by atoms with Crippen LogP contribution in [-0.4, -0.2) is 70.0 Å². The molecule has 0 fully saturated rings. The number of hydrogen-bond acceptors (Lipinski definition) is 8. The van der Waals surface area contributed by atoms with Crippen molar-refractivity contribution in [3.8, 4) is 0 Å². The van der Waals surface area contributed by atoms with E-state index >= 15 is 0 Å². The Morgan fingerprint density at radius 1 is 0.410 bits per heavy atom. The van der Waals surface area contributed by atoms with Gasteiger partial charge in [0.15, 0.2) is 6.10 Å². The molecule has 0 aromatic carbocycles. The summed E-state index contributed by atoms with van der Waals surface area (Å²) in [5, 5.41) is 0. The molecule has 78 heavy (non-hydrogen) atoms. The van der Waals surface area contributed by atoms with Gasteiger partial charge >= 0.3 is 11.9 Å². The molecule has 0 aromatic rings. The van der Waals surface area contributed by atoms with E-state index in [-0.39, 0.29) is 26.1 Å². The highest BCUT2D eigenvalue weighted by atomic mass is 31.2. The third kappa shape index (κ3) is 61.1.